The van der Waals surface area contributed by atoms with Crippen LogP contribution in [0.5, 0.6) is 0 Å². The molecule has 5 aromatic carbocycles. The van der Waals surface area contributed by atoms with Gasteiger partial charge in [-0.3, -0.25) is 34.6 Å². The van der Waals surface area contributed by atoms with Crippen LogP contribution >= 0.6 is 6.89 Å². The molecular formula is C49H45N4O12P. The molecule has 0 aromatic heterocycles. The number of aliphatic hydroxyl groups is 1. The summed E-state index contributed by atoms with van der Waals surface area (Å²) in [6, 6.07) is 41.6. The number of esters is 2. The summed E-state index contributed by atoms with van der Waals surface area (Å²) in [5.41, 5.74) is -1.66. The first-order valence-corrected chi connectivity index (χ1v) is 21.5. The quantitative estimate of drug-likeness (QED) is 0.0219. The number of nitro groups is 2. The van der Waals surface area contributed by atoms with Crippen LogP contribution in [0.25, 0.3) is 6.08 Å². The average molecular weight is 913 g/mol. The largest absolute Gasteiger partial charge is 0.465 e. The van der Waals surface area contributed by atoms with Crippen LogP contribution in [0.1, 0.15) is 77.2 Å². The van der Waals surface area contributed by atoms with Gasteiger partial charge in [0.05, 0.1) is 64.2 Å². The van der Waals surface area contributed by atoms with E-state index in [1.807, 2.05) is 60.7 Å². The fourth-order valence-electron chi connectivity index (χ4n) is 6.36. The first kappa shape index (κ1) is 52.2. The highest BCUT2D eigenvalue weighted by Gasteiger charge is 2.31. The Morgan fingerprint density at radius 2 is 1.15 bits per heavy atom. The molecule has 0 bridgehead atoms. The van der Waals surface area contributed by atoms with Gasteiger partial charge in [0, 0.05) is 23.0 Å². The van der Waals surface area contributed by atoms with Crippen LogP contribution in [0.4, 0.5) is 11.4 Å². The van der Waals surface area contributed by atoms with Gasteiger partial charge in [0.25, 0.3) is 11.4 Å². The Morgan fingerprint density at radius 3 is 1.55 bits per heavy atom. The van der Waals surface area contributed by atoms with E-state index in [9.17, 15) is 49.5 Å². The number of rotatable bonds is 14. The number of benzene rings is 5. The fraction of sp³-hybridized carbons (Fsp3) is 0.184. The summed E-state index contributed by atoms with van der Waals surface area (Å²) in [6.45, 7) is 3.39. The van der Waals surface area contributed by atoms with Gasteiger partial charge >= 0.3 is 11.9 Å². The molecule has 0 radical (unpaired) electrons. The molecule has 0 aliphatic heterocycles. The van der Waals surface area contributed by atoms with Gasteiger partial charge in [-0.2, -0.15) is 10.5 Å². The van der Waals surface area contributed by atoms with Gasteiger partial charge in [-0.15, -0.1) is 0 Å². The van der Waals surface area contributed by atoms with Crippen LogP contribution in [-0.4, -0.2) is 69.4 Å². The minimum atomic E-state index is -2.39. The summed E-state index contributed by atoms with van der Waals surface area (Å²) in [6.07, 6.45) is 1.40. The lowest BCUT2D eigenvalue weighted by atomic mass is 10.0. The van der Waals surface area contributed by atoms with E-state index in [-0.39, 0.29) is 46.5 Å². The fourth-order valence-corrected chi connectivity index (χ4v) is 10.8. The lowest BCUT2D eigenvalue weighted by Crippen LogP contribution is -2.32. The van der Waals surface area contributed by atoms with Gasteiger partial charge in [-0.25, -0.2) is 9.59 Å². The zero-order valence-electron chi connectivity index (χ0n) is 36.6. The van der Waals surface area contributed by atoms with Crippen LogP contribution in [0.3, 0.4) is 0 Å². The van der Waals surface area contributed by atoms with Crippen LogP contribution in [0.2, 0.25) is 0 Å². The van der Waals surface area contributed by atoms with Crippen molar-refractivity contribution in [3.8, 4) is 12.1 Å². The number of ketones is 2. The number of nitriles is 2. The zero-order valence-corrected chi connectivity index (χ0v) is 37.5. The Kier molecular flexibility index (Phi) is 19.5. The summed E-state index contributed by atoms with van der Waals surface area (Å²) in [4.78, 5) is 78.2. The molecule has 0 atom stereocenters. The number of methoxy groups -OCH3 is 1. The van der Waals surface area contributed by atoms with Crippen molar-refractivity contribution in [1.29, 1.82) is 10.5 Å². The predicted molar refractivity (Wildman–Crippen MR) is 249 cm³/mol. The molecular weight excluding hydrogens is 868 g/mol. The van der Waals surface area contributed by atoms with Gasteiger partial charge in [0.1, 0.15) is 12.2 Å². The number of hydrogen-bond donors (Lipinski definition) is 1. The molecule has 0 aliphatic carbocycles. The lowest BCUT2D eigenvalue weighted by Gasteiger charge is -2.31. The third-order valence-electron chi connectivity index (χ3n) is 9.22. The summed E-state index contributed by atoms with van der Waals surface area (Å²) in [7, 11) is 1.17. The molecule has 16 nitrogen and oxygen atoms in total. The number of ether oxygens (including phenoxy) is 2. The number of nitrogens with zero attached hydrogens (tertiary/aromatic N) is 4. The van der Waals surface area contributed by atoms with Crippen LogP contribution in [-0.2, 0) is 19.1 Å². The second kappa shape index (κ2) is 24.6. The Morgan fingerprint density at radius 1 is 0.712 bits per heavy atom. The van der Waals surface area contributed by atoms with Crippen molar-refractivity contribution >= 4 is 75.3 Å². The summed E-state index contributed by atoms with van der Waals surface area (Å²) < 4.78 is 9.58. The van der Waals surface area contributed by atoms with E-state index in [1.54, 1.807) is 27.7 Å². The highest BCUT2D eigenvalue weighted by atomic mass is 31.2. The first-order valence-electron chi connectivity index (χ1n) is 19.8. The molecule has 0 saturated heterocycles. The topological polar surface area (TPSA) is 258 Å². The van der Waals surface area contributed by atoms with E-state index in [0.717, 1.165) is 28.0 Å². The molecule has 0 saturated carbocycles. The Balaban J connectivity index is 0.000000273. The van der Waals surface area contributed by atoms with Gasteiger partial charge in [0.15, 0.2) is 17.9 Å². The number of aldehydes is 1. The van der Waals surface area contributed by atoms with Crippen molar-refractivity contribution in [2.45, 2.75) is 46.1 Å². The first-order chi connectivity index (χ1) is 31.4. The third-order valence-corrected chi connectivity index (χ3v) is 13.7. The van der Waals surface area contributed by atoms with Crippen molar-refractivity contribution in [3.63, 3.8) is 0 Å². The van der Waals surface area contributed by atoms with E-state index in [0.29, 0.717) is 11.6 Å². The molecule has 0 spiro atoms. The highest BCUT2D eigenvalue weighted by molar-refractivity contribution is 7.96. The summed E-state index contributed by atoms with van der Waals surface area (Å²) >= 11 is 0. The number of carbonyl (C=O) groups excluding carboxylic acids is 5. The van der Waals surface area contributed by atoms with Crippen molar-refractivity contribution in [2.24, 2.45) is 0 Å². The maximum absolute atomic E-state index is 12.7. The van der Waals surface area contributed by atoms with Crippen molar-refractivity contribution in [2.75, 3.05) is 13.7 Å². The second-order valence-corrected chi connectivity index (χ2v) is 18.2. The Bertz CT molecular complexity index is 2670. The molecule has 1 N–H and O–H groups in total. The van der Waals surface area contributed by atoms with E-state index in [1.165, 1.54) is 37.5 Å². The predicted octanol–water partition coefficient (Wildman–Crippen LogP) is 7.26. The number of nitro benzene ring substituents is 2. The minimum absolute atomic E-state index is 0.0172. The molecule has 17 heteroatoms. The number of carbonyl (C=O) groups is 5. The molecule has 0 amide bonds. The summed E-state index contributed by atoms with van der Waals surface area (Å²) in [5, 5.41) is 53.0. The number of Topliss-reactive ketones (excluding diaryl/α,β-unsaturated/α-hetero) is 2. The van der Waals surface area contributed by atoms with E-state index < -0.39 is 58.0 Å². The number of hydrogen-bond acceptors (Lipinski definition) is 14. The van der Waals surface area contributed by atoms with E-state index in [4.69, 9.17) is 15.1 Å². The maximum Gasteiger partial charge on any atom is 0.338 e. The van der Waals surface area contributed by atoms with E-state index >= 15 is 0 Å². The normalized spacial score (nSPS) is 10.8. The van der Waals surface area contributed by atoms with Crippen LogP contribution < -0.4 is 15.9 Å². The maximum atomic E-state index is 12.7. The Labute approximate surface area is 380 Å². The van der Waals surface area contributed by atoms with Crippen molar-refractivity contribution in [1.82, 2.24) is 0 Å². The zero-order chi connectivity index (χ0) is 49.0. The molecule has 0 fully saturated rings. The van der Waals surface area contributed by atoms with Gasteiger partial charge < -0.3 is 14.6 Å². The molecule has 0 aliphatic rings. The molecule has 338 valence electrons. The van der Waals surface area contributed by atoms with Crippen molar-refractivity contribution < 1.29 is 48.4 Å². The lowest BCUT2D eigenvalue weighted by molar-refractivity contribution is -0.385. The second-order valence-electron chi connectivity index (χ2n) is 14.8. The molecule has 5 aromatic rings. The SMILES string of the molecule is CC(=O)C(CC#N)=P(c1ccccc1)(c1ccccc1)c1ccccc1.CC(C)(C)OC(=O)/C(=C/c1ccc(C(=O)CO)cc1[N+](=O)[O-])CC#N.COC(=O)c1ccc(C=O)c([N+](=O)[O-])c1. The molecule has 66 heavy (non-hydrogen) atoms. The van der Waals surface area contributed by atoms with Crippen LogP contribution in [0, 0.1) is 42.9 Å². The third kappa shape index (κ3) is 13.7. The van der Waals surface area contributed by atoms with E-state index in [2.05, 4.69) is 47.2 Å². The average Bonchev–Trinajstić information content (AvgIpc) is 3.31. The van der Waals surface area contributed by atoms with Gasteiger partial charge in [0.2, 0.25) is 0 Å². The van der Waals surface area contributed by atoms with Gasteiger partial charge in [-0.1, -0.05) is 97.1 Å². The minimum Gasteiger partial charge on any atom is -0.465 e. The van der Waals surface area contributed by atoms with Crippen LogP contribution in [0.15, 0.2) is 133 Å². The Hall–Kier alpha value is -8.17. The molecule has 0 unspecified atom stereocenters. The number of aliphatic hydroxyl groups excluding tert-OH is 1. The monoisotopic (exact) mass is 912 g/mol. The summed E-state index contributed by atoms with van der Waals surface area (Å²) in [5.74, 6) is -2.12. The standard InChI is InChI=1S/C23H20NOP.C17H18N2O6.C9H7NO5/c1-19(25)23(17-18-24)26(20-11-5-2-6-12-20,21-13-7-3-8-14-21)22-15-9-4-10-16-22;1-17(2,3)25-16(22)13(6-7-18)8-11-4-5-12(15(21)10-20)9-14(11)19(23)24;1-15-9(12)6-2-3-7(5-11)8(4-6)10(13)14/h2-16H,17H2,1H3;4-5,8-9,20H,6,10H2,1-3H3;2-5H,1H3/b;13-8+;. The molecule has 0 heterocycles. The smallest absolute Gasteiger partial charge is 0.338 e. The van der Waals surface area contributed by atoms with Crippen molar-refractivity contribution in [3.05, 3.63) is 175 Å². The van der Waals surface area contributed by atoms with Gasteiger partial charge in [-0.05, 0) is 74.8 Å². The highest BCUT2D eigenvalue weighted by Crippen LogP contribution is 2.47. The molecule has 5 rings (SSSR count).